The summed E-state index contributed by atoms with van der Waals surface area (Å²) in [5, 5.41) is 4.74. The van der Waals surface area contributed by atoms with Gasteiger partial charge in [0.05, 0.1) is 5.69 Å². The van der Waals surface area contributed by atoms with E-state index in [1.807, 2.05) is 18.2 Å². The maximum atomic E-state index is 6.59. The second-order valence-electron chi connectivity index (χ2n) is 12.8. The molecule has 0 spiro atoms. The first kappa shape index (κ1) is 29.4. The molecule has 8 aromatic carbocycles. The van der Waals surface area contributed by atoms with Crippen LogP contribution in [0.25, 0.3) is 75.8 Å². The Morgan fingerprint density at radius 3 is 1.76 bits per heavy atom. The van der Waals surface area contributed by atoms with Crippen molar-refractivity contribution in [1.29, 1.82) is 0 Å². The van der Waals surface area contributed by atoms with Gasteiger partial charge < -0.3 is 9.32 Å². The summed E-state index contributed by atoms with van der Waals surface area (Å²) in [5.41, 5.74) is 10.4. The number of rotatable bonds is 6. The molecule has 0 fully saturated rings. The van der Waals surface area contributed by atoms with Gasteiger partial charge in [0.15, 0.2) is 5.58 Å². The van der Waals surface area contributed by atoms with Crippen molar-refractivity contribution in [2.24, 2.45) is 0 Å². The molecule has 2 heterocycles. The summed E-state index contributed by atoms with van der Waals surface area (Å²) in [5.74, 6) is 0.611. The Bertz CT molecular complexity index is 2840. The molecule has 10 rings (SSSR count). The zero-order valence-corrected chi connectivity index (χ0v) is 28.3. The average molecular weight is 671 g/mol. The van der Waals surface area contributed by atoms with Crippen LogP contribution < -0.4 is 4.90 Å². The molecule has 0 aliphatic carbocycles. The van der Waals surface area contributed by atoms with E-state index in [9.17, 15) is 0 Å². The number of thiophene rings is 1. The minimum Gasteiger partial charge on any atom is -0.436 e. The highest BCUT2D eigenvalue weighted by Gasteiger charge is 2.25. The van der Waals surface area contributed by atoms with E-state index < -0.39 is 0 Å². The Balaban J connectivity index is 1.24. The first-order valence-corrected chi connectivity index (χ1v) is 17.9. The number of nitrogens with zero attached hydrogens (tertiary/aromatic N) is 2. The van der Waals surface area contributed by atoms with Crippen molar-refractivity contribution in [2.75, 3.05) is 4.90 Å². The van der Waals surface area contributed by atoms with Gasteiger partial charge in [-0.3, -0.25) is 0 Å². The number of oxazole rings is 1. The van der Waals surface area contributed by atoms with E-state index in [2.05, 4.69) is 169 Å². The second-order valence-corrected chi connectivity index (χ2v) is 13.9. The van der Waals surface area contributed by atoms with Crippen molar-refractivity contribution in [3.8, 4) is 33.7 Å². The summed E-state index contributed by atoms with van der Waals surface area (Å²) < 4.78 is 8.99. The molecule has 4 heteroatoms. The van der Waals surface area contributed by atoms with Crippen molar-refractivity contribution in [3.63, 3.8) is 0 Å². The van der Waals surface area contributed by atoms with E-state index in [0.717, 1.165) is 38.4 Å². The molecular formula is C47H30N2OS. The summed E-state index contributed by atoms with van der Waals surface area (Å²) in [7, 11) is 0. The molecule has 0 aliphatic heterocycles. The van der Waals surface area contributed by atoms with Gasteiger partial charge >= 0.3 is 0 Å². The Kier molecular flexibility index (Phi) is 7.00. The molecule has 3 nitrogen and oxygen atoms in total. The van der Waals surface area contributed by atoms with Gasteiger partial charge in [0.2, 0.25) is 5.89 Å². The predicted molar refractivity (Wildman–Crippen MR) is 215 cm³/mol. The van der Waals surface area contributed by atoms with Gasteiger partial charge in [-0.25, -0.2) is 4.98 Å². The quantitative estimate of drug-likeness (QED) is 0.176. The van der Waals surface area contributed by atoms with Gasteiger partial charge in [-0.05, 0) is 81.6 Å². The molecule has 0 saturated heterocycles. The molecule has 0 saturated carbocycles. The predicted octanol–water partition coefficient (Wildman–Crippen LogP) is 13.8. The Morgan fingerprint density at radius 2 is 1.02 bits per heavy atom. The molecule has 240 valence electrons. The SMILES string of the molecule is c1ccc(-c2ccc(N(c3ccc4cc(-c5ccccc5)ccc4c3)c3c4nc(-c5ccccc5)oc4cc4sc5ccccc5c34)cc2)cc1. The minimum atomic E-state index is 0.611. The molecule has 0 unspecified atom stereocenters. The molecule has 10 aromatic rings. The summed E-state index contributed by atoms with van der Waals surface area (Å²) in [6.07, 6.45) is 0. The van der Waals surface area contributed by atoms with E-state index in [1.165, 1.54) is 48.5 Å². The fourth-order valence-corrected chi connectivity index (χ4v) is 8.33. The largest absolute Gasteiger partial charge is 0.436 e. The first-order chi connectivity index (χ1) is 25.3. The fraction of sp³-hybridized carbons (Fsp3) is 0. The molecule has 0 bridgehead atoms. The molecule has 0 aliphatic rings. The van der Waals surface area contributed by atoms with Crippen LogP contribution in [0.4, 0.5) is 17.1 Å². The van der Waals surface area contributed by atoms with Crippen LogP contribution >= 0.6 is 11.3 Å². The van der Waals surface area contributed by atoms with Gasteiger partial charge in [-0.15, -0.1) is 11.3 Å². The van der Waals surface area contributed by atoms with E-state index in [1.54, 1.807) is 11.3 Å². The van der Waals surface area contributed by atoms with Crippen molar-refractivity contribution < 1.29 is 4.42 Å². The molecular weight excluding hydrogens is 641 g/mol. The van der Waals surface area contributed by atoms with Crippen LogP contribution in [0.3, 0.4) is 0 Å². The van der Waals surface area contributed by atoms with Crippen LogP contribution in [-0.4, -0.2) is 4.98 Å². The van der Waals surface area contributed by atoms with Gasteiger partial charge in [0, 0.05) is 43.2 Å². The van der Waals surface area contributed by atoms with E-state index in [4.69, 9.17) is 9.40 Å². The lowest BCUT2D eigenvalue weighted by atomic mass is 10.00. The number of fused-ring (bicyclic) bond motifs is 5. The van der Waals surface area contributed by atoms with Crippen LogP contribution in [0.5, 0.6) is 0 Å². The zero-order chi connectivity index (χ0) is 33.7. The van der Waals surface area contributed by atoms with Crippen LogP contribution in [0.15, 0.2) is 186 Å². The Labute approximate surface area is 299 Å². The summed E-state index contributed by atoms with van der Waals surface area (Å²) in [4.78, 5) is 7.64. The molecule has 0 amide bonds. The molecule has 51 heavy (non-hydrogen) atoms. The lowest BCUT2D eigenvalue weighted by Crippen LogP contribution is -2.11. The number of benzene rings is 8. The molecule has 2 aromatic heterocycles. The van der Waals surface area contributed by atoms with Gasteiger partial charge in [-0.2, -0.15) is 0 Å². The number of hydrogen-bond acceptors (Lipinski definition) is 4. The van der Waals surface area contributed by atoms with Gasteiger partial charge in [0.1, 0.15) is 5.52 Å². The normalized spacial score (nSPS) is 11.5. The fourth-order valence-electron chi connectivity index (χ4n) is 7.19. The van der Waals surface area contributed by atoms with Crippen molar-refractivity contribution >= 4 is 70.4 Å². The minimum absolute atomic E-state index is 0.611. The molecule has 0 N–H and O–H groups in total. The van der Waals surface area contributed by atoms with E-state index in [-0.39, 0.29) is 0 Å². The van der Waals surface area contributed by atoms with Crippen molar-refractivity contribution in [1.82, 2.24) is 4.98 Å². The Morgan fingerprint density at radius 1 is 0.451 bits per heavy atom. The smallest absolute Gasteiger partial charge is 0.227 e. The van der Waals surface area contributed by atoms with Crippen LogP contribution in [-0.2, 0) is 0 Å². The lowest BCUT2D eigenvalue weighted by molar-refractivity contribution is 0.620. The van der Waals surface area contributed by atoms with E-state index >= 15 is 0 Å². The van der Waals surface area contributed by atoms with Crippen LogP contribution in [0.2, 0.25) is 0 Å². The highest BCUT2D eigenvalue weighted by atomic mass is 32.1. The van der Waals surface area contributed by atoms with Crippen LogP contribution in [0, 0.1) is 0 Å². The third-order valence-corrected chi connectivity index (χ3v) is 10.8. The topological polar surface area (TPSA) is 29.3 Å². The summed E-state index contributed by atoms with van der Waals surface area (Å²) in [6, 6.07) is 64.5. The third-order valence-electron chi connectivity index (χ3n) is 9.67. The standard InChI is InChI=1S/C47H30N2OS/c1-4-12-31(13-5-1)33-22-25-38(26-23-33)49(39-27-24-36-28-35(20-21-37(36)29-39)32-14-6-2-7-15-32)46-44-40-18-10-11-19-42(40)51-43(44)30-41-45(46)48-47(50-41)34-16-8-3-9-17-34/h1-30H. The maximum absolute atomic E-state index is 6.59. The number of anilines is 3. The van der Waals surface area contributed by atoms with Gasteiger partial charge in [0.25, 0.3) is 0 Å². The average Bonchev–Trinajstić information content (AvgIpc) is 3.80. The molecule has 0 radical (unpaired) electrons. The summed E-state index contributed by atoms with van der Waals surface area (Å²) >= 11 is 1.79. The number of aromatic nitrogens is 1. The highest BCUT2D eigenvalue weighted by molar-refractivity contribution is 7.26. The van der Waals surface area contributed by atoms with Crippen molar-refractivity contribution in [2.45, 2.75) is 0 Å². The number of hydrogen-bond donors (Lipinski definition) is 0. The van der Waals surface area contributed by atoms with Crippen LogP contribution in [0.1, 0.15) is 0 Å². The van der Waals surface area contributed by atoms with Crippen molar-refractivity contribution in [3.05, 3.63) is 182 Å². The summed E-state index contributed by atoms with van der Waals surface area (Å²) in [6.45, 7) is 0. The first-order valence-electron chi connectivity index (χ1n) is 17.1. The molecule has 0 atom stereocenters. The maximum Gasteiger partial charge on any atom is 0.227 e. The third kappa shape index (κ3) is 5.16. The highest BCUT2D eigenvalue weighted by Crippen LogP contribution is 2.49. The second kappa shape index (κ2) is 12.1. The van der Waals surface area contributed by atoms with E-state index in [0.29, 0.717) is 5.89 Å². The Hall–Kier alpha value is -6.49. The monoisotopic (exact) mass is 670 g/mol. The lowest BCUT2D eigenvalue weighted by Gasteiger charge is -2.27. The zero-order valence-electron chi connectivity index (χ0n) is 27.5. The van der Waals surface area contributed by atoms with Gasteiger partial charge in [-0.1, -0.05) is 127 Å².